The molecule has 3 N–H and O–H groups in total. The van der Waals surface area contributed by atoms with Crippen molar-refractivity contribution in [3.63, 3.8) is 0 Å². The van der Waals surface area contributed by atoms with Crippen molar-refractivity contribution in [3.05, 3.63) is 65.4 Å². The Morgan fingerprint density at radius 3 is 2.64 bits per heavy atom. The summed E-state index contributed by atoms with van der Waals surface area (Å²) < 4.78 is 61.5. The van der Waals surface area contributed by atoms with Gasteiger partial charge in [-0.1, -0.05) is 30.9 Å². The molecule has 11 rings (SSSR count). The Balaban J connectivity index is 0.676. The second-order valence-corrected chi connectivity index (χ2v) is 19.4. The average Bonchev–Trinajstić information content (AvgIpc) is 3.62. The molecule has 6 aliphatic rings. The van der Waals surface area contributed by atoms with Crippen LogP contribution in [-0.2, 0) is 26.1 Å². The monoisotopic (exact) mass is 922 g/mol. The Hall–Kier alpha value is -5.88. The van der Waals surface area contributed by atoms with E-state index in [-0.39, 0.29) is 54.6 Å². The number of carbonyl (C=O) groups is 3. The molecule has 352 valence electrons. The van der Waals surface area contributed by atoms with E-state index in [0.29, 0.717) is 67.4 Å². The first-order chi connectivity index (χ1) is 32.3. The molecule has 3 amide bonds. The smallest absolute Gasteiger partial charge is 0.284 e. The summed E-state index contributed by atoms with van der Waals surface area (Å²) >= 11 is 0. The van der Waals surface area contributed by atoms with Crippen LogP contribution in [0.4, 0.5) is 24.7 Å². The SMILES string of the molecule is CC1CN(C[C@H]2CC[C@H](n3cc(NC(=O)c4cnn5ccc(N6CC(NC7COC7)C6)nc45)c(C(F)F)n3)CC2)C[C@]2(F)C[C@]12OCC#Cc1cccc2c(C3CCC(=O)NC3=O)nn(C)c12. The average molecular weight is 923 g/mol. The van der Waals surface area contributed by atoms with Gasteiger partial charge in [0.15, 0.2) is 17.0 Å². The Morgan fingerprint density at radius 1 is 1.07 bits per heavy atom. The molecule has 20 heteroatoms. The number of hydrogen-bond donors (Lipinski definition) is 3. The topological polar surface area (TPSA) is 178 Å². The summed E-state index contributed by atoms with van der Waals surface area (Å²) in [6.45, 7) is 6.78. The van der Waals surface area contributed by atoms with Gasteiger partial charge in [-0.3, -0.25) is 34.0 Å². The molecular weight excluding hydrogens is 870 g/mol. The summed E-state index contributed by atoms with van der Waals surface area (Å²) in [5.41, 5.74) is -0.289. The van der Waals surface area contributed by atoms with Crippen molar-refractivity contribution in [1.29, 1.82) is 0 Å². The molecule has 8 heterocycles. The molecule has 0 radical (unpaired) electrons. The van der Waals surface area contributed by atoms with E-state index in [9.17, 15) is 23.2 Å². The van der Waals surface area contributed by atoms with Crippen LogP contribution in [0, 0.1) is 23.7 Å². The van der Waals surface area contributed by atoms with Crippen molar-refractivity contribution < 1.29 is 37.0 Å². The minimum Gasteiger partial charge on any atom is -0.378 e. The molecule has 0 spiro atoms. The number of carbonyl (C=O) groups excluding carboxylic acids is 3. The zero-order valence-electron chi connectivity index (χ0n) is 37.4. The van der Waals surface area contributed by atoms with E-state index in [4.69, 9.17) is 14.5 Å². The second-order valence-electron chi connectivity index (χ2n) is 19.4. The van der Waals surface area contributed by atoms with E-state index in [2.05, 4.69) is 52.9 Å². The van der Waals surface area contributed by atoms with E-state index in [0.717, 1.165) is 62.2 Å². The van der Waals surface area contributed by atoms with Crippen LogP contribution >= 0.6 is 0 Å². The van der Waals surface area contributed by atoms with E-state index >= 15 is 4.39 Å². The van der Waals surface area contributed by atoms with E-state index in [1.54, 1.807) is 22.6 Å². The number of aryl methyl sites for hydroxylation is 1. The van der Waals surface area contributed by atoms with Gasteiger partial charge in [0.25, 0.3) is 12.3 Å². The number of fused-ring (bicyclic) bond motifs is 3. The summed E-state index contributed by atoms with van der Waals surface area (Å²) in [6.07, 6.45) is 5.79. The zero-order valence-corrected chi connectivity index (χ0v) is 37.4. The number of alkyl halides is 3. The highest BCUT2D eigenvalue weighted by Gasteiger charge is 2.75. The molecule has 5 aromatic rings. The summed E-state index contributed by atoms with van der Waals surface area (Å²) in [5, 5.41) is 22.6. The van der Waals surface area contributed by atoms with Gasteiger partial charge in [-0.2, -0.15) is 15.3 Å². The fourth-order valence-electron chi connectivity index (χ4n) is 11.2. The number of piperidine rings is 2. The number of hydrogen-bond acceptors (Lipinski definition) is 12. The molecule has 0 bridgehead atoms. The van der Waals surface area contributed by atoms with Crippen molar-refractivity contribution in [1.82, 2.24) is 49.7 Å². The fraction of sp³-hybridized carbons (Fsp3) is 0.553. The molecule has 6 fully saturated rings. The van der Waals surface area contributed by atoms with Gasteiger partial charge in [0.05, 0.1) is 59.9 Å². The molecule has 67 heavy (non-hydrogen) atoms. The maximum atomic E-state index is 16.5. The molecule has 4 saturated heterocycles. The van der Waals surface area contributed by atoms with E-state index in [1.165, 1.54) is 16.9 Å². The minimum atomic E-state index is -2.90. The lowest BCUT2D eigenvalue weighted by atomic mass is 9.84. The Bertz CT molecular complexity index is 2820. The third-order valence-electron chi connectivity index (χ3n) is 14.9. The lowest BCUT2D eigenvalue weighted by molar-refractivity contribution is -0.134. The molecule has 4 aliphatic heterocycles. The number of nitrogens with one attached hydrogen (secondary N) is 3. The molecule has 2 saturated carbocycles. The molecule has 17 nitrogen and oxygen atoms in total. The summed E-state index contributed by atoms with van der Waals surface area (Å²) in [6, 6.07) is 8.08. The van der Waals surface area contributed by atoms with Gasteiger partial charge in [0.2, 0.25) is 11.8 Å². The number of benzene rings is 1. The van der Waals surface area contributed by atoms with Gasteiger partial charge in [-0.15, -0.1) is 0 Å². The largest absolute Gasteiger partial charge is 0.378 e. The van der Waals surface area contributed by atoms with Crippen LogP contribution in [0.25, 0.3) is 16.6 Å². The number of rotatable bonds is 12. The van der Waals surface area contributed by atoms with Gasteiger partial charge >= 0.3 is 0 Å². The van der Waals surface area contributed by atoms with Crippen LogP contribution < -0.4 is 20.9 Å². The molecular formula is C47H53F3N12O5. The van der Waals surface area contributed by atoms with Gasteiger partial charge in [-0.05, 0) is 50.2 Å². The lowest BCUT2D eigenvalue weighted by Crippen LogP contribution is -2.63. The zero-order chi connectivity index (χ0) is 46.2. The predicted molar refractivity (Wildman–Crippen MR) is 238 cm³/mol. The standard InChI is InChI=1S/C47H53F3N12O5/c1-27-18-59(26-46(50)25-47(27,46)67-16-4-6-29-5-3-7-33-39(56-58(2)41(29)33)34-12-13-38(63)55-44(34)64)19-28-8-10-32(11-9-28)62-22-36(40(57-62)42(48)49)53-45(65)35-17-51-61-15-14-37(54-43(35)61)60-20-30(21-60)52-31-23-66-24-31/h3,5,7,14-15,17,22,27-28,30-32,34,42,52H,8-13,16,18-21,23-26H2,1-2H3,(H,53,65)(H,55,63,64)/t27?,28-,32-,34?,46-,47+/m1/s1. The second kappa shape index (κ2) is 17.0. The lowest BCUT2D eigenvalue weighted by Gasteiger charge is -2.43. The highest BCUT2D eigenvalue weighted by molar-refractivity contribution is 6.08. The van der Waals surface area contributed by atoms with Gasteiger partial charge < -0.3 is 25.0 Å². The van der Waals surface area contributed by atoms with E-state index < -0.39 is 35.2 Å². The predicted octanol–water partition coefficient (Wildman–Crippen LogP) is 4.30. The van der Waals surface area contributed by atoms with Crippen molar-refractivity contribution in [3.8, 4) is 11.8 Å². The third-order valence-corrected chi connectivity index (χ3v) is 14.9. The first-order valence-corrected chi connectivity index (χ1v) is 23.3. The van der Waals surface area contributed by atoms with Crippen LogP contribution in [0.5, 0.6) is 0 Å². The number of nitrogens with zero attached hydrogens (tertiary/aromatic N) is 9. The number of aromatic nitrogens is 7. The Morgan fingerprint density at radius 2 is 1.90 bits per heavy atom. The molecule has 4 aromatic heterocycles. The normalized spacial score (nSPS) is 27.9. The quantitative estimate of drug-likeness (QED) is 0.120. The van der Waals surface area contributed by atoms with Crippen molar-refractivity contribution in [2.75, 3.05) is 62.8 Å². The van der Waals surface area contributed by atoms with Crippen molar-refractivity contribution in [2.45, 2.75) is 93.6 Å². The molecule has 1 aromatic carbocycles. The summed E-state index contributed by atoms with van der Waals surface area (Å²) in [4.78, 5) is 47.0. The number of imide groups is 1. The van der Waals surface area contributed by atoms with Crippen molar-refractivity contribution in [2.24, 2.45) is 18.9 Å². The number of anilines is 2. The molecule has 2 aliphatic carbocycles. The van der Waals surface area contributed by atoms with Crippen LogP contribution in [0.15, 0.2) is 42.9 Å². The molecule has 2 unspecified atom stereocenters. The van der Waals surface area contributed by atoms with Crippen LogP contribution in [-0.4, -0.2) is 133 Å². The van der Waals surface area contributed by atoms with Crippen LogP contribution in [0.2, 0.25) is 0 Å². The Labute approximate surface area is 384 Å². The number of likely N-dealkylation sites (tertiary alicyclic amines) is 1. The highest BCUT2D eigenvalue weighted by Crippen LogP contribution is 2.61. The van der Waals surface area contributed by atoms with Crippen LogP contribution in [0.3, 0.4) is 0 Å². The van der Waals surface area contributed by atoms with Gasteiger partial charge in [0, 0.05) is 82.4 Å². The summed E-state index contributed by atoms with van der Waals surface area (Å²) in [5.74, 6) is 5.51. The van der Waals surface area contributed by atoms with Gasteiger partial charge in [-0.25, -0.2) is 22.7 Å². The first kappa shape index (κ1) is 43.7. The number of ether oxygens (including phenoxy) is 2. The number of para-hydroxylation sites is 1. The third kappa shape index (κ3) is 8.02. The van der Waals surface area contributed by atoms with Gasteiger partial charge in [0.1, 0.15) is 23.6 Å². The maximum Gasteiger partial charge on any atom is 0.284 e. The maximum absolute atomic E-state index is 16.5. The van der Waals surface area contributed by atoms with Crippen LogP contribution in [0.1, 0.15) is 97.6 Å². The minimum absolute atomic E-state index is 0.0441. The fourth-order valence-corrected chi connectivity index (χ4v) is 11.2. The van der Waals surface area contributed by atoms with E-state index in [1.807, 2.05) is 31.2 Å². The first-order valence-electron chi connectivity index (χ1n) is 23.3. The number of amides is 3. The molecule has 4 atom stereocenters. The highest BCUT2D eigenvalue weighted by atomic mass is 19.3. The Kier molecular flexibility index (Phi) is 11.1. The number of halogens is 3. The van der Waals surface area contributed by atoms with Crippen molar-refractivity contribution >= 4 is 45.8 Å². The summed E-state index contributed by atoms with van der Waals surface area (Å²) in [7, 11) is 1.80.